The zero-order valence-electron chi connectivity index (χ0n) is 14.4. The maximum Gasteiger partial charge on any atom is 0.196 e. The quantitative estimate of drug-likeness (QED) is 0.593. The average molecular weight is 308 g/mol. The number of hydrogen-bond donors (Lipinski definition) is 0. The number of hydrogen-bond acceptors (Lipinski definition) is 3. The summed E-state index contributed by atoms with van der Waals surface area (Å²) >= 11 is 0. The summed E-state index contributed by atoms with van der Waals surface area (Å²) in [5.74, 6) is 0.241. The molecule has 1 aromatic carbocycles. The van der Waals surface area contributed by atoms with Crippen LogP contribution in [0.5, 0.6) is 5.75 Å². The van der Waals surface area contributed by atoms with E-state index in [-0.39, 0.29) is 5.04 Å². The maximum atomic E-state index is 6.67. The molecule has 0 spiro atoms. The molecule has 1 aromatic rings. The van der Waals surface area contributed by atoms with Crippen LogP contribution in [0.4, 0.5) is 0 Å². The summed E-state index contributed by atoms with van der Waals surface area (Å²) in [5.41, 5.74) is 2.35. The smallest absolute Gasteiger partial charge is 0.196 e. The van der Waals surface area contributed by atoms with Crippen LogP contribution >= 0.6 is 0 Å². The van der Waals surface area contributed by atoms with Crippen molar-refractivity contribution in [1.82, 2.24) is 0 Å². The molecular weight excluding hydrogens is 280 g/mol. The fourth-order valence-corrected chi connectivity index (χ4v) is 3.96. The first-order valence-electron chi connectivity index (χ1n) is 7.67. The lowest BCUT2D eigenvalue weighted by Crippen LogP contribution is -2.54. The first-order valence-corrected chi connectivity index (χ1v) is 10.6. The standard InChI is InChI=1S/C17H28O3Si/c1-8-19-17(20-21(6,7)16(2,3)4)12-13-10-9-11-14(18-5)15(13)17/h9-11H,8,12H2,1-7H3. The minimum absolute atomic E-state index is 0.148. The number of ether oxygens (including phenoxy) is 2. The lowest BCUT2D eigenvalue weighted by Gasteiger charge is -2.50. The molecular formula is C17H28O3Si. The summed E-state index contributed by atoms with van der Waals surface area (Å²) in [6.45, 7) is 13.9. The molecule has 1 unspecified atom stereocenters. The monoisotopic (exact) mass is 308 g/mol. The summed E-state index contributed by atoms with van der Waals surface area (Å²) in [7, 11) is -0.227. The molecule has 0 fully saturated rings. The molecule has 2 rings (SSSR count). The first kappa shape index (κ1) is 16.5. The Balaban J connectivity index is 2.41. The Labute approximate surface area is 129 Å². The lowest BCUT2D eigenvalue weighted by atomic mass is 9.81. The van der Waals surface area contributed by atoms with E-state index in [9.17, 15) is 0 Å². The second-order valence-corrected chi connectivity index (χ2v) is 11.9. The molecule has 0 N–H and O–H groups in total. The van der Waals surface area contributed by atoms with Gasteiger partial charge in [0.1, 0.15) is 5.75 Å². The highest BCUT2D eigenvalue weighted by molar-refractivity contribution is 6.74. The molecule has 0 saturated carbocycles. The fraction of sp³-hybridized carbons (Fsp3) is 0.647. The Kier molecular flexibility index (Phi) is 4.26. The van der Waals surface area contributed by atoms with Gasteiger partial charge in [-0.15, -0.1) is 0 Å². The molecule has 0 amide bonds. The summed E-state index contributed by atoms with van der Waals surface area (Å²) in [6.07, 6.45) is 0.805. The van der Waals surface area contributed by atoms with Crippen molar-refractivity contribution in [2.24, 2.45) is 0 Å². The van der Waals surface area contributed by atoms with Gasteiger partial charge in [-0.1, -0.05) is 32.9 Å². The molecule has 3 nitrogen and oxygen atoms in total. The van der Waals surface area contributed by atoms with Crippen LogP contribution in [0.2, 0.25) is 18.1 Å². The third-order valence-electron chi connectivity index (χ3n) is 4.74. The molecule has 118 valence electrons. The Hall–Kier alpha value is -0.843. The van der Waals surface area contributed by atoms with Crippen molar-refractivity contribution >= 4 is 8.32 Å². The Morgan fingerprint density at radius 2 is 1.90 bits per heavy atom. The highest BCUT2D eigenvalue weighted by Gasteiger charge is 2.53. The average Bonchev–Trinajstić information content (AvgIpc) is 2.35. The SMILES string of the molecule is CCOC1(O[Si](C)(C)C(C)(C)C)Cc2cccc(OC)c21. The molecule has 0 saturated heterocycles. The highest BCUT2D eigenvalue weighted by atomic mass is 28.4. The largest absolute Gasteiger partial charge is 0.496 e. The molecule has 1 aliphatic rings. The van der Waals surface area contributed by atoms with E-state index >= 15 is 0 Å². The summed E-state index contributed by atoms with van der Waals surface area (Å²) < 4.78 is 18.3. The second-order valence-electron chi connectivity index (χ2n) is 7.22. The summed E-state index contributed by atoms with van der Waals surface area (Å²) in [5, 5.41) is 0.148. The highest BCUT2D eigenvalue weighted by Crippen LogP contribution is 2.52. The van der Waals surface area contributed by atoms with Crippen LogP contribution in [0.25, 0.3) is 0 Å². The fourth-order valence-electron chi connectivity index (χ4n) is 2.60. The summed E-state index contributed by atoms with van der Waals surface area (Å²) in [4.78, 5) is 0. The van der Waals surface area contributed by atoms with Gasteiger partial charge in [-0.2, -0.15) is 0 Å². The third kappa shape index (κ3) is 2.77. The van der Waals surface area contributed by atoms with Gasteiger partial charge >= 0.3 is 0 Å². The van der Waals surface area contributed by atoms with Crippen LogP contribution in [0.15, 0.2) is 18.2 Å². The van der Waals surface area contributed by atoms with E-state index in [2.05, 4.69) is 39.9 Å². The van der Waals surface area contributed by atoms with Crippen molar-refractivity contribution in [2.45, 2.75) is 58.0 Å². The van der Waals surface area contributed by atoms with Crippen LogP contribution < -0.4 is 4.74 Å². The van der Waals surface area contributed by atoms with Gasteiger partial charge in [0.25, 0.3) is 0 Å². The van der Waals surface area contributed by atoms with Gasteiger partial charge in [0.2, 0.25) is 0 Å². The van der Waals surface area contributed by atoms with Crippen LogP contribution in [0.3, 0.4) is 0 Å². The van der Waals surface area contributed by atoms with Gasteiger partial charge in [0.15, 0.2) is 14.1 Å². The Morgan fingerprint density at radius 1 is 1.24 bits per heavy atom. The summed E-state index contributed by atoms with van der Waals surface area (Å²) in [6, 6.07) is 6.14. The van der Waals surface area contributed by atoms with E-state index in [1.54, 1.807) is 7.11 Å². The van der Waals surface area contributed by atoms with Crippen molar-refractivity contribution in [3.63, 3.8) is 0 Å². The molecule has 0 bridgehead atoms. The normalized spacial score (nSPS) is 21.7. The predicted molar refractivity (Wildman–Crippen MR) is 88.3 cm³/mol. The Morgan fingerprint density at radius 3 is 2.43 bits per heavy atom. The van der Waals surface area contributed by atoms with Crippen molar-refractivity contribution < 1.29 is 13.9 Å². The molecule has 4 heteroatoms. The van der Waals surface area contributed by atoms with Crippen LogP contribution in [-0.4, -0.2) is 22.0 Å². The van der Waals surface area contributed by atoms with Crippen molar-refractivity contribution in [3.8, 4) is 5.75 Å². The van der Waals surface area contributed by atoms with E-state index in [1.807, 2.05) is 19.1 Å². The molecule has 0 aliphatic heterocycles. The first-order chi connectivity index (χ1) is 9.67. The zero-order chi connectivity index (χ0) is 15.9. The maximum absolute atomic E-state index is 6.67. The van der Waals surface area contributed by atoms with Gasteiger partial charge in [-0.3, -0.25) is 0 Å². The minimum atomic E-state index is -1.93. The Bertz CT molecular complexity index is 519. The van der Waals surface area contributed by atoms with Crippen molar-refractivity contribution in [3.05, 3.63) is 29.3 Å². The third-order valence-corrected chi connectivity index (χ3v) is 9.19. The van der Waals surface area contributed by atoms with Crippen molar-refractivity contribution in [1.29, 1.82) is 0 Å². The van der Waals surface area contributed by atoms with Gasteiger partial charge in [0.05, 0.1) is 12.7 Å². The lowest BCUT2D eigenvalue weighted by molar-refractivity contribution is -0.213. The van der Waals surface area contributed by atoms with E-state index in [1.165, 1.54) is 5.56 Å². The zero-order valence-corrected chi connectivity index (χ0v) is 15.4. The van der Waals surface area contributed by atoms with Gasteiger partial charge in [-0.25, -0.2) is 0 Å². The van der Waals surface area contributed by atoms with E-state index in [0.717, 1.165) is 17.7 Å². The van der Waals surface area contributed by atoms with Gasteiger partial charge in [0, 0.05) is 13.0 Å². The van der Waals surface area contributed by atoms with E-state index in [4.69, 9.17) is 13.9 Å². The molecule has 0 heterocycles. The van der Waals surface area contributed by atoms with E-state index in [0.29, 0.717) is 6.61 Å². The molecule has 1 aliphatic carbocycles. The molecule has 0 aromatic heterocycles. The minimum Gasteiger partial charge on any atom is -0.496 e. The van der Waals surface area contributed by atoms with Gasteiger partial charge in [-0.05, 0) is 36.7 Å². The number of rotatable bonds is 5. The second kappa shape index (κ2) is 5.41. The molecule has 1 atom stereocenters. The van der Waals surface area contributed by atoms with E-state index < -0.39 is 14.1 Å². The number of methoxy groups -OCH3 is 1. The topological polar surface area (TPSA) is 27.7 Å². The number of benzene rings is 1. The predicted octanol–water partition coefficient (Wildman–Crippen LogP) is 4.46. The van der Waals surface area contributed by atoms with Crippen molar-refractivity contribution in [2.75, 3.05) is 13.7 Å². The van der Waals surface area contributed by atoms with Crippen LogP contribution in [-0.2, 0) is 21.4 Å². The van der Waals surface area contributed by atoms with Gasteiger partial charge < -0.3 is 13.9 Å². The number of fused-ring (bicyclic) bond motifs is 1. The molecule has 0 radical (unpaired) electrons. The van der Waals surface area contributed by atoms with Crippen LogP contribution in [0, 0.1) is 0 Å². The molecule has 21 heavy (non-hydrogen) atoms. The van der Waals surface area contributed by atoms with Crippen LogP contribution in [0.1, 0.15) is 38.8 Å².